The quantitative estimate of drug-likeness (QED) is 0.599. The van der Waals surface area contributed by atoms with Gasteiger partial charge in [0.05, 0.1) is 0 Å². The SMILES string of the molecule is CCC(C)(CC)CC(C)(F)CF. The molecule has 1 atom stereocenters. The van der Waals surface area contributed by atoms with Crippen LogP contribution in [0.25, 0.3) is 0 Å². The highest BCUT2D eigenvalue weighted by atomic mass is 19.2. The molecule has 0 N–H and O–H groups in total. The summed E-state index contributed by atoms with van der Waals surface area (Å²) in [6.07, 6.45) is 2.13. The molecule has 0 saturated carbocycles. The molecule has 0 nitrogen and oxygen atoms in total. The molecule has 0 aliphatic heterocycles. The summed E-state index contributed by atoms with van der Waals surface area (Å²) in [6, 6.07) is 0. The van der Waals surface area contributed by atoms with Gasteiger partial charge in [-0.05, 0) is 18.8 Å². The molecular formula is C10H20F2. The highest BCUT2D eigenvalue weighted by Gasteiger charge is 2.33. The zero-order valence-corrected chi connectivity index (χ0v) is 8.58. The second-order valence-corrected chi connectivity index (χ2v) is 4.24. The normalized spacial score (nSPS) is 17.5. The van der Waals surface area contributed by atoms with Crippen LogP contribution < -0.4 is 0 Å². The van der Waals surface area contributed by atoms with E-state index in [1.165, 1.54) is 6.92 Å². The Balaban J connectivity index is 4.20. The molecule has 0 bridgehead atoms. The van der Waals surface area contributed by atoms with E-state index in [0.717, 1.165) is 12.8 Å². The lowest BCUT2D eigenvalue weighted by Gasteiger charge is -2.32. The molecule has 0 aromatic heterocycles. The van der Waals surface area contributed by atoms with Crippen LogP contribution in [-0.2, 0) is 0 Å². The third-order valence-corrected chi connectivity index (χ3v) is 2.78. The molecule has 0 saturated heterocycles. The zero-order valence-electron chi connectivity index (χ0n) is 8.58. The van der Waals surface area contributed by atoms with E-state index in [1.54, 1.807) is 0 Å². The summed E-state index contributed by atoms with van der Waals surface area (Å²) in [5, 5.41) is 0. The van der Waals surface area contributed by atoms with E-state index in [2.05, 4.69) is 0 Å². The molecule has 0 rings (SSSR count). The van der Waals surface area contributed by atoms with Crippen molar-refractivity contribution in [1.29, 1.82) is 0 Å². The molecule has 2 heteroatoms. The van der Waals surface area contributed by atoms with Crippen molar-refractivity contribution in [3.8, 4) is 0 Å². The molecule has 74 valence electrons. The van der Waals surface area contributed by atoms with Gasteiger partial charge in [-0.25, -0.2) is 8.78 Å². The van der Waals surface area contributed by atoms with E-state index in [4.69, 9.17) is 0 Å². The number of rotatable bonds is 5. The third-order valence-electron chi connectivity index (χ3n) is 2.78. The predicted octanol–water partition coefficient (Wildman–Crippen LogP) is 3.90. The van der Waals surface area contributed by atoms with Gasteiger partial charge in [-0.2, -0.15) is 0 Å². The van der Waals surface area contributed by atoms with Gasteiger partial charge in [0.25, 0.3) is 0 Å². The van der Waals surface area contributed by atoms with Gasteiger partial charge in [0, 0.05) is 0 Å². The smallest absolute Gasteiger partial charge is 0.136 e. The minimum Gasteiger partial charge on any atom is -0.248 e. The van der Waals surface area contributed by atoms with Gasteiger partial charge in [-0.15, -0.1) is 0 Å². The summed E-state index contributed by atoms with van der Waals surface area (Å²) in [5.74, 6) is 0. The van der Waals surface area contributed by atoms with Crippen molar-refractivity contribution in [2.24, 2.45) is 5.41 Å². The third kappa shape index (κ3) is 3.51. The Morgan fingerprint density at radius 3 is 1.75 bits per heavy atom. The Kier molecular flexibility index (Phi) is 4.15. The van der Waals surface area contributed by atoms with Gasteiger partial charge in [-0.3, -0.25) is 0 Å². The van der Waals surface area contributed by atoms with Crippen LogP contribution in [0.3, 0.4) is 0 Å². The molecule has 0 aromatic rings. The maximum Gasteiger partial charge on any atom is 0.136 e. The van der Waals surface area contributed by atoms with Crippen LogP contribution in [0.15, 0.2) is 0 Å². The van der Waals surface area contributed by atoms with Gasteiger partial charge < -0.3 is 0 Å². The Hall–Kier alpha value is -0.140. The van der Waals surface area contributed by atoms with Crippen LogP contribution in [-0.4, -0.2) is 12.3 Å². The number of hydrogen-bond acceptors (Lipinski definition) is 0. The minimum atomic E-state index is -1.64. The van der Waals surface area contributed by atoms with E-state index in [9.17, 15) is 8.78 Å². The fourth-order valence-electron chi connectivity index (χ4n) is 1.44. The van der Waals surface area contributed by atoms with Crippen LogP contribution in [0.2, 0.25) is 0 Å². The molecule has 0 fully saturated rings. The Labute approximate surface area is 74.4 Å². The number of alkyl halides is 2. The highest BCUT2D eigenvalue weighted by Crippen LogP contribution is 2.36. The molecule has 0 spiro atoms. The summed E-state index contributed by atoms with van der Waals surface area (Å²) in [4.78, 5) is 0. The highest BCUT2D eigenvalue weighted by molar-refractivity contribution is 4.83. The molecule has 0 heterocycles. The number of hydrogen-bond donors (Lipinski definition) is 0. The minimum absolute atomic E-state index is 0.0460. The first-order valence-corrected chi connectivity index (χ1v) is 4.64. The molecular weight excluding hydrogens is 158 g/mol. The molecule has 0 amide bonds. The topological polar surface area (TPSA) is 0 Å². The van der Waals surface area contributed by atoms with Crippen molar-refractivity contribution in [2.75, 3.05) is 6.67 Å². The van der Waals surface area contributed by atoms with Crippen molar-refractivity contribution in [3.05, 3.63) is 0 Å². The average molecular weight is 178 g/mol. The maximum absolute atomic E-state index is 13.3. The lowest BCUT2D eigenvalue weighted by molar-refractivity contribution is 0.0685. The summed E-state index contributed by atoms with van der Waals surface area (Å²) in [5.41, 5.74) is -1.68. The zero-order chi connectivity index (χ0) is 9.83. The fraction of sp³-hybridized carbons (Fsp3) is 1.00. The van der Waals surface area contributed by atoms with Crippen molar-refractivity contribution in [3.63, 3.8) is 0 Å². The molecule has 1 unspecified atom stereocenters. The molecule has 0 aliphatic carbocycles. The largest absolute Gasteiger partial charge is 0.248 e. The Morgan fingerprint density at radius 2 is 1.50 bits per heavy atom. The van der Waals surface area contributed by atoms with E-state index in [1.807, 2.05) is 20.8 Å². The molecule has 0 radical (unpaired) electrons. The summed E-state index contributed by atoms with van der Waals surface area (Å²) < 4.78 is 25.5. The van der Waals surface area contributed by atoms with Crippen LogP contribution >= 0.6 is 0 Å². The fourth-order valence-corrected chi connectivity index (χ4v) is 1.44. The Morgan fingerprint density at radius 1 is 1.08 bits per heavy atom. The summed E-state index contributed by atoms with van der Waals surface area (Å²) in [6.45, 7) is 6.54. The summed E-state index contributed by atoms with van der Waals surface area (Å²) >= 11 is 0. The van der Waals surface area contributed by atoms with Gasteiger partial charge in [0.1, 0.15) is 12.3 Å². The lowest BCUT2D eigenvalue weighted by Crippen LogP contribution is -2.30. The van der Waals surface area contributed by atoms with Gasteiger partial charge in [0.2, 0.25) is 0 Å². The van der Waals surface area contributed by atoms with Crippen molar-refractivity contribution in [1.82, 2.24) is 0 Å². The standard InChI is InChI=1S/C10H20F2/c1-5-9(3,6-2)7-10(4,12)8-11/h5-8H2,1-4H3. The monoisotopic (exact) mass is 178 g/mol. The molecule has 0 aliphatic rings. The van der Waals surface area contributed by atoms with Crippen LogP contribution in [0, 0.1) is 5.41 Å². The maximum atomic E-state index is 13.3. The van der Waals surface area contributed by atoms with Gasteiger partial charge >= 0.3 is 0 Å². The first-order chi connectivity index (χ1) is 5.39. The average Bonchev–Trinajstić information content (AvgIpc) is 2.04. The number of halogens is 2. The molecule has 12 heavy (non-hydrogen) atoms. The Bertz CT molecular complexity index is 126. The van der Waals surface area contributed by atoms with Gasteiger partial charge in [-0.1, -0.05) is 33.6 Å². The van der Waals surface area contributed by atoms with Gasteiger partial charge in [0.15, 0.2) is 0 Å². The second-order valence-electron chi connectivity index (χ2n) is 4.24. The van der Waals surface area contributed by atoms with E-state index in [0.29, 0.717) is 6.42 Å². The second kappa shape index (κ2) is 4.20. The molecule has 0 aromatic carbocycles. The lowest BCUT2D eigenvalue weighted by atomic mass is 9.76. The van der Waals surface area contributed by atoms with Crippen LogP contribution in [0.5, 0.6) is 0 Å². The van der Waals surface area contributed by atoms with Crippen molar-refractivity contribution >= 4 is 0 Å². The first-order valence-electron chi connectivity index (χ1n) is 4.64. The van der Waals surface area contributed by atoms with Crippen LogP contribution in [0.4, 0.5) is 8.78 Å². The van der Waals surface area contributed by atoms with Crippen molar-refractivity contribution in [2.45, 2.75) is 52.6 Å². The predicted molar refractivity (Wildman–Crippen MR) is 48.8 cm³/mol. The summed E-state index contributed by atoms with van der Waals surface area (Å²) in [7, 11) is 0. The van der Waals surface area contributed by atoms with Crippen molar-refractivity contribution < 1.29 is 8.78 Å². The van der Waals surface area contributed by atoms with Crippen LogP contribution in [0.1, 0.15) is 47.0 Å². The van der Waals surface area contributed by atoms with E-state index < -0.39 is 12.3 Å². The van der Waals surface area contributed by atoms with E-state index in [-0.39, 0.29) is 5.41 Å². The van der Waals surface area contributed by atoms with E-state index >= 15 is 0 Å². The first kappa shape index (κ1) is 11.9.